The fourth-order valence-electron chi connectivity index (χ4n) is 1.28. The third kappa shape index (κ3) is 1.78. The highest BCUT2D eigenvalue weighted by molar-refractivity contribution is 7.86. The molecular weight excluding hydrogens is 235 g/mol. The summed E-state index contributed by atoms with van der Waals surface area (Å²) in [4.78, 5) is 3.81. The molecule has 0 N–H and O–H groups in total. The summed E-state index contributed by atoms with van der Waals surface area (Å²) in [7, 11) is -3.47. The normalized spacial score (nSPS) is 11.6. The van der Waals surface area contributed by atoms with E-state index in [1.165, 1.54) is 19.4 Å². The van der Waals surface area contributed by atoms with Crippen LogP contribution in [-0.2, 0) is 17.3 Å². The molecule has 0 spiro atoms. The summed E-state index contributed by atoms with van der Waals surface area (Å²) in [5.41, 5.74) is 0.611. The average Bonchev–Trinajstić information content (AvgIpc) is 2.61. The van der Waals surface area contributed by atoms with Gasteiger partial charge in [0.15, 0.2) is 5.82 Å². The molecule has 0 aliphatic heterocycles. The third-order valence-electron chi connectivity index (χ3n) is 1.99. The molecular formula is C8H7FN4O2S. The Morgan fingerprint density at radius 2 is 1.88 bits per heavy atom. The highest BCUT2D eigenvalue weighted by Gasteiger charge is 2.22. The standard InChI is InChI=1S/C8H7FN4O2S/c1-13-7(6-2-4-10-5-3-6)11-12-8(13)16(9,14)15/h2-5H,1H3. The summed E-state index contributed by atoms with van der Waals surface area (Å²) >= 11 is 0. The van der Waals surface area contributed by atoms with Crippen LogP contribution in [0.15, 0.2) is 29.7 Å². The zero-order valence-electron chi connectivity index (χ0n) is 8.20. The maximum atomic E-state index is 12.7. The first-order valence-electron chi connectivity index (χ1n) is 4.24. The van der Waals surface area contributed by atoms with E-state index in [2.05, 4.69) is 15.2 Å². The number of rotatable bonds is 2. The van der Waals surface area contributed by atoms with Gasteiger partial charge in [0.25, 0.3) is 5.16 Å². The topological polar surface area (TPSA) is 77.7 Å². The lowest BCUT2D eigenvalue weighted by Crippen LogP contribution is -2.03. The van der Waals surface area contributed by atoms with E-state index in [0.717, 1.165) is 4.57 Å². The summed E-state index contributed by atoms with van der Waals surface area (Å²) in [6.45, 7) is 0. The van der Waals surface area contributed by atoms with Crippen molar-refractivity contribution in [3.05, 3.63) is 24.5 Å². The summed E-state index contributed by atoms with van der Waals surface area (Å²) in [6.07, 6.45) is 3.04. The first-order valence-corrected chi connectivity index (χ1v) is 5.63. The van der Waals surface area contributed by atoms with Gasteiger partial charge in [0.1, 0.15) is 0 Å². The van der Waals surface area contributed by atoms with Crippen LogP contribution in [0, 0.1) is 0 Å². The molecule has 0 fully saturated rings. The number of nitrogens with zero attached hydrogens (tertiary/aromatic N) is 4. The molecule has 0 bridgehead atoms. The molecule has 8 heteroatoms. The zero-order chi connectivity index (χ0) is 11.8. The molecule has 84 valence electrons. The number of aromatic nitrogens is 4. The molecule has 16 heavy (non-hydrogen) atoms. The maximum Gasteiger partial charge on any atom is 0.368 e. The lowest BCUT2D eigenvalue weighted by atomic mass is 10.2. The van der Waals surface area contributed by atoms with Crippen LogP contribution in [-0.4, -0.2) is 28.2 Å². The Balaban J connectivity index is 2.59. The monoisotopic (exact) mass is 242 g/mol. The number of hydrogen-bond donors (Lipinski definition) is 0. The molecule has 0 aliphatic rings. The quantitative estimate of drug-likeness (QED) is 0.718. The van der Waals surface area contributed by atoms with Crippen molar-refractivity contribution < 1.29 is 12.3 Å². The van der Waals surface area contributed by atoms with Crippen LogP contribution in [0.5, 0.6) is 0 Å². The second-order valence-electron chi connectivity index (χ2n) is 3.04. The van der Waals surface area contributed by atoms with Gasteiger partial charge in [-0.1, -0.05) is 3.89 Å². The zero-order valence-corrected chi connectivity index (χ0v) is 9.02. The third-order valence-corrected chi connectivity index (χ3v) is 2.78. The van der Waals surface area contributed by atoms with Crippen LogP contribution in [0.1, 0.15) is 0 Å². The van der Waals surface area contributed by atoms with Crippen LogP contribution in [0.25, 0.3) is 11.4 Å². The van der Waals surface area contributed by atoms with Crippen LogP contribution in [0.3, 0.4) is 0 Å². The Bertz CT molecular complexity index is 608. The van der Waals surface area contributed by atoms with Crippen LogP contribution in [0.4, 0.5) is 3.89 Å². The second-order valence-corrected chi connectivity index (χ2v) is 4.28. The van der Waals surface area contributed by atoms with E-state index >= 15 is 0 Å². The van der Waals surface area contributed by atoms with Crippen LogP contribution >= 0.6 is 0 Å². The minimum atomic E-state index is -4.85. The van der Waals surface area contributed by atoms with Gasteiger partial charge in [-0.3, -0.25) is 9.55 Å². The molecule has 0 atom stereocenters. The van der Waals surface area contributed by atoms with E-state index in [1.807, 2.05) is 0 Å². The Morgan fingerprint density at radius 3 is 2.38 bits per heavy atom. The van der Waals surface area contributed by atoms with E-state index in [-0.39, 0.29) is 5.82 Å². The number of hydrogen-bond acceptors (Lipinski definition) is 5. The van der Waals surface area contributed by atoms with E-state index in [0.29, 0.717) is 5.56 Å². The molecule has 0 unspecified atom stereocenters. The summed E-state index contributed by atoms with van der Waals surface area (Å²) in [5.74, 6) is 0.263. The molecule has 2 aromatic heterocycles. The van der Waals surface area contributed by atoms with E-state index in [9.17, 15) is 12.3 Å². The van der Waals surface area contributed by atoms with Crippen molar-refractivity contribution in [3.63, 3.8) is 0 Å². The Morgan fingerprint density at radius 1 is 1.25 bits per heavy atom. The minimum Gasteiger partial charge on any atom is -0.299 e. The number of pyridine rings is 1. The summed E-state index contributed by atoms with van der Waals surface area (Å²) < 4.78 is 35.2. The van der Waals surface area contributed by atoms with E-state index in [4.69, 9.17) is 0 Å². The lowest BCUT2D eigenvalue weighted by molar-refractivity contribution is 0.534. The van der Waals surface area contributed by atoms with Crippen molar-refractivity contribution >= 4 is 10.2 Å². The summed E-state index contributed by atoms with van der Waals surface area (Å²) in [6, 6.07) is 3.25. The molecule has 0 aromatic carbocycles. The van der Waals surface area contributed by atoms with Crippen molar-refractivity contribution in [3.8, 4) is 11.4 Å². The van der Waals surface area contributed by atoms with Gasteiger partial charge < -0.3 is 0 Å². The molecule has 0 amide bonds. The van der Waals surface area contributed by atoms with Gasteiger partial charge in [0, 0.05) is 25.0 Å². The molecule has 0 aliphatic carbocycles. The molecule has 0 saturated heterocycles. The highest BCUT2D eigenvalue weighted by Crippen LogP contribution is 2.18. The van der Waals surface area contributed by atoms with Crippen LogP contribution in [0.2, 0.25) is 0 Å². The fraction of sp³-hybridized carbons (Fsp3) is 0.125. The molecule has 2 heterocycles. The predicted molar refractivity (Wildman–Crippen MR) is 52.5 cm³/mol. The van der Waals surface area contributed by atoms with Gasteiger partial charge in [0.05, 0.1) is 0 Å². The van der Waals surface area contributed by atoms with Crippen molar-refractivity contribution in [2.75, 3.05) is 0 Å². The lowest BCUT2D eigenvalue weighted by Gasteiger charge is -2.00. The van der Waals surface area contributed by atoms with Gasteiger partial charge in [-0.05, 0) is 12.1 Å². The number of halogens is 1. The molecule has 6 nitrogen and oxygen atoms in total. The van der Waals surface area contributed by atoms with Gasteiger partial charge in [-0.15, -0.1) is 10.2 Å². The highest BCUT2D eigenvalue weighted by atomic mass is 32.3. The van der Waals surface area contributed by atoms with Gasteiger partial charge >= 0.3 is 10.2 Å². The average molecular weight is 242 g/mol. The molecule has 0 radical (unpaired) electrons. The largest absolute Gasteiger partial charge is 0.368 e. The smallest absolute Gasteiger partial charge is 0.299 e. The van der Waals surface area contributed by atoms with Gasteiger partial charge in [-0.25, -0.2) is 0 Å². The van der Waals surface area contributed by atoms with Gasteiger partial charge in [-0.2, -0.15) is 8.42 Å². The molecule has 0 saturated carbocycles. The maximum absolute atomic E-state index is 12.7. The van der Waals surface area contributed by atoms with Crippen LogP contribution < -0.4 is 0 Å². The van der Waals surface area contributed by atoms with E-state index in [1.54, 1.807) is 12.1 Å². The second kappa shape index (κ2) is 3.63. The Hall–Kier alpha value is -1.83. The minimum absolute atomic E-state index is 0.263. The van der Waals surface area contributed by atoms with Crippen molar-refractivity contribution in [1.82, 2.24) is 19.7 Å². The van der Waals surface area contributed by atoms with Crippen molar-refractivity contribution in [2.45, 2.75) is 5.16 Å². The molecule has 2 aromatic rings. The Labute approximate surface area is 91.0 Å². The Kier molecular flexibility index (Phi) is 2.43. The predicted octanol–water partition coefficient (Wildman–Crippen LogP) is 0.535. The van der Waals surface area contributed by atoms with Crippen molar-refractivity contribution in [2.24, 2.45) is 7.05 Å². The fourth-order valence-corrected chi connectivity index (χ4v) is 1.83. The SMILES string of the molecule is Cn1c(-c2ccncc2)nnc1S(=O)(=O)F. The van der Waals surface area contributed by atoms with E-state index < -0.39 is 15.4 Å². The molecule has 2 rings (SSSR count). The van der Waals surface area contributed by atoms with Crippen molar-refractivity contribution in [1.29, 1.82) is 0 Å². The first-order chi connectivity index (χ1) is 7.50. The van der Waals surface area contributed by atoms with Gasteiger partial charge in [0.2, 0.25) is 0 Å². The summed E-state index contributed by atoms with van der Waals surface area (Å²) in [5, 5.41) is 6.20. The first kappa shape index (κ1) is 10.7.